The Bertz CT molecular complexity index is 251. The van der Waals surface area contributed by atoms with Crippen molar-refractivity contribution in [3.8, 4) is 0 Å². The number of carbonyl (C=O) groups is 1. The highest BCUT2D eigenvalue weighted by Crippen LogP contribution is 2.08. The predicted octanol–water partition coefficient (Wildman–Crippen LogP) is 3.20. The van der Waals surface area contributed by atoms with E-state index in [4.69, 9.17) is 4.74 Å². The highest BCUT2D eigenvalue weighted by Gasteiger charge is 2.06. The molecule has 0 aromatic rings. The van der Waals surface area contributed by atoms with Crippen LogP contribution in [-0.2, 0) is 9.53 Å². The molecule has 0 aromatic carbocycles. The third-order valence-corrected chi connectivity index (χ3v) is 3.38. The maximum absolute atomic E-state index is 11.4. The maximum atomic E-state index is 11.4. The largest absolute Gasteiger partial charge is 0.464 e. The Labute approximate surface area is 111 Å². The molecule has 0 spiro atoms. The zero-order valence-electron chi connectivity index (χ0n) is 11.6. The highest BCUT2D eigenvalue weighted by molar-refractivity contribution is 5.69. The molecule has 1 atom stereocenters. The van der Waals surface area contributed by atoms with E-state index < -0.39 is 0 Å². The fraction of sp³-hybridized carbons (Fsp3) is 0.800. The number of ether oxygens (including phenoxy) is 1. The summed E-state index contributed by atoms with van der Waals surface area (Å²) in [7, 11) is 0. The number of cyclic esters (lactones) is 1. The van der Waals surface area contributed by atoms with Crippen molar-refractivity contribution in [3.05, 3.63) is 12.2 Å². The van der Waals surface area contributed by atoms with Gasteiger partial charge in [-0.1, -0.05) is 25.5 Å². The Kier molecular flexibility index (Phi) is 8.57. The molecule has 0 fully saturated rings. The standard InChI is InChI=1S/C15H27NO2/c1-2-14-10-8-6-4-3-5-7-9-11-15(17)18-13-12-16-14/h3,5,14,16H,2,4,6-13H2,1H3/b5-3-/t14-/m0/s1. The van der Waals surface area contributed by atoms with Crippen LogP contribution in [0.3, 0.4) is 0 Å². The second kappa shape index (κ2) is 10.1. The monoisotopic (exact) mass is 253 g/mol. The van der Waals surface area contributed by atoms with Gasteiger partial charge in [0.25, 0.3) is 0 Å². The summed E-state index contributed by atoms with van der Waals surface area (Å²) < 4.78 is 5.19. The third-order valence-electron chi connectivity index (χ3n) is 3.38. The zero-order valence-corrected chi connectivity index (χ0v) is 11.6. The van der Waals surface area contributed by atoms with Gasteiger partial charge in [0, 0.05) is 19.0 Å². The van der Waals surface area contributed by atoms with Crippen LogP contribution < -0.4 is 5.32 Å². The van der Waals surface area contributed by atoms with Crippen LogP contribution in [0.4, 0.5) is 0 Å². The van der Waals surface area contributed by atoms with E-state index >= 15 is 0 Å². The van der Waals surface area contributed by atoms with Gasteiger partial charge < -0.3 is 10.1 Å². The molecule has 1 aliphatic heterocycles. The molecule has 104 valence electrons. The molecule has 1 aliphatic rings. The molecule has 18 heavy (non-hydrogen) atoms. The summed E-state index contributed by atoms with van der Waals surface area (Å²) in [6, 6.07) is 0.567. The molecular formula is C15H27NO2. The van der Waals surface area contributed by atoms with Gasteiger partial charge in [-0.15, -0.1) is 0 Å². The predicted molar refractivity (Wildman–Crippen MR) is 74.5 cm³/mol. The van der Waals surface area contributed by atoms with Crippen LogP contribution >= 0.6 is 0 Å². The highest BCUT2D eigenvalue weighted by atomic mass is 16.5. The first-order chi connectivity index (χ1) is 8.83. The summed E-state index contributed by atoms with van der Waals surface area (Å²) in [4.78, 5) is 11.4. The van der Waals surface area contributed by atoms with Crippen molar-refractivity contribution in [2.75, 3.05) is 13.2 Å². The molecule has 3 nitrogen and oxygen atoms in total. The van der Waals surface area contributed by atoms with E-state index in [1.54, 1.807) is 0 Å². The lowest BCUT2D eigenvalue weighted by Gasteiger charge is -2.16. The van der Waals surface area contributed by atoms with Gasteiger partial charge in [-0.3, -0.25) is 4.79 Å². The van der Waals surface area contributed by atoms with E-state index in [1.165, 1.54) is 25.7 Å². The van der Waals surface area contributed by atoms with Crippen molar-refractivity contribution in [3.63, 3.8) is 0 Å². The van der Waals surface area contributed by atoms with Crippen LogP contribution in [0.2, 0.25) is 0 Å². The van der Waals surface area contributed by atoms with Crippen molar-refractivity contribution in [2.24, 2.45) is 0 Å². The van der Waals surface area contributed by atoms with Crippen LogP contribution in [0.15, 0.2) is 12.2 Å². The lowest BCUT2D eigenvalue weighted by molar-refractivity contribution is -0.143. The van der Waals surface area contributed by atoms with Gasteiger partial charge in [0.15, 0.2) is 0 Å². The summed E-state index contributed by atoms with van der Waals surface area (Å²) in [6.45, 7) is 3.49. The molecule has 1 N–H and O–H groups in total. The molecule has 0 unspecified atom stereocenters. The van der Waals surface area contributed by atoms with Crippen LogP contribution in [-0.4, -0.2) is 25.2 Å². The first-order valence-corrected chi connectivity index (χ1v) is 7.37. The average molecular weight is 253 g/mol. The third kappa shape index (κ3) is 7.49. The van der Waals surface area contributed by atoms with Crippen LogP contribution in [0, 0.1) is 0 Å². The minimum Gasteiger partial charge on any atom is -0.464 e. The quantitative estimate of drug-likeness (QED) is 0.576. The topological polar surface area (TPSA) is 38.3 Å². The van der Waals surface area contributed by atoms with E-state index in [9.17, 15) is 4.79 Å². The number of hydrogen-bond donors (Lipinski definition) is 1. The molecule has 0 bridgehead atoms. The van der Waals surface area contributed by atoms with E-state index in [2.05, 4.69) is 24.4 Å². The zero-order chi connectivity index (χ0) is 13.1. The summed E-state index contributed by atoms with van der Waals surface area (Å²) in [6.07, 6.45) is 13.0. The van der Waals surface area contributed by atoms with Gasteiger partial charge in [-0.05, 0) is 38.5 Å². The van der Waals surface area contributed by atoms with Gasteiger partial charge in [0.1, 0.15) is 6.61 Å². The number of esters is 1. The van der Waals surface area contributed by atoms with Crippen molar-refractivity contribution in [1.82, 2.24) is 5.32 Å². The lowest BCUT2D eigenvalue weighted by Crippen LogP contribution is -2.32. The van der Waals surface area contributed by atoms with Crippen LogP contribution in [0.1, 0.15) is 58.3 Å². The lowest BCUT2D eigenvalue weighted by atomic mass is 10.1. The van der Waals surface area contributed by atoms with E-state index in [0.717, 1.165) is 25.8 Å². The molecule has 3 heteroatoms. The second-order valence-corrected chi connectivity index (χ2v) is 4.93. The fourth-order valence-corrected chi connectivity index (χ4v) is 2.20. The summed E-state index contributed by atoms with van der Waals surface area (Å²) in [5, 5.41) is 3.46. The number of nitrogens with one attached hydrogen (secondary N) is 1. The van der Waals surface area contributed by atoms with Crippen LogP contribution in [0.5, 0.6) is 0 Å². The van der Waals surface area contributed by atoms with Gasteiger partial charge in [0.05, 0.1) is 0 Å². The number of carbonyl (C=O) groups excluding carboxylic acids is 1. The molecule has 0 radical (unpaired) electrons. The normalized spacial score (nSPS) is 26.7. The van der Waals surface area contributed by atoms with Gasteiger partial charge in [-0.2, -0.15) is 0 Å². The van der Waals surface area contributed by atoms with Crippen molar-refractivity contribution >= 4 is 5.97 Å². The molecule has 0 amide bonds. The van der Waals surface area contributed by atoms with Gasteiger partial charge in [0.2, 0.25) is 0 Å². The Morgan fingerprint density at radius 2 is 2.06 bits per heavy atom. The molecule has 0 aliphatic carbocycles. The second-order valence-electron chi connectivity index (χ2n) is 4.93. The molecule has 0 aromatic heterocycles. The number of hydrogen-bond acceptors (Lipinski definition) is 3. The summed E-state index contributed by atoms with van der Waals surface area (Å²) in [5.41, 5.74) is 0. The first-order valence-electron chi connectivity index (χ1n) is 7.37. The number of allylic oxidation sites excluding steroid dienone is 2. The number of rotatable bonds is 1. The molecular weight excluding hydrogens is 226 g/mol. The summed E-state index contributed by atoms with van der Waals surface area (Å²) in [5.74, 6) is -0.0619. The Hall–Kier alpha value is -0.830. The van der Waals surface area contributed by atoms with Crippen LogP contribution in [0.25, 0.3) is 0 Å². The SMILES string of the molecule is CC[C@H]1CCCC/C=C\CCCC(=O)OCCN1. The maximum Gasteiger partial charge on any atom is 0.305 e. The molecule has 0 saturated carbocycles. The van der Waals surface area contributed by atoms with Gasteiger partial charge in [-0.25, -0.2) is 0 Å². The Morgan fingerprint density at radius 1 is 1.28 bits per heavy atom. The summed E-state index contributed by atoms with van der Waals surface area (Å²) >= 11 is 0. The van der Waals surface area contributed by atoms with Crippen molar-refractivity contribution in [1.29, 1.82) is 0 Å². The van der Waals surface area contributed by atoms with Gasteiger partial charge >= 0.3 is 5.97 Å². The smallest absolute Gasteiger partial charge is 0.305 e. The van der Waals surface area contributed by atoms with Crippen molar-refractivity contribution in [2.45, 2.75) is 64.3 Å². The minimum absolute atomic E-state index is 0.0619. The van der Waals surface area contributed by atoms with E-state index in [1.807, 2.05) is 0 Å². The fourth-order valence-electron chi connectivity index (χ4n) is 2.20. The van der Waals surface area contributed by atoms with E-state index in [0.29, 0.717) is 19.1 Å². The Morgan fingerprint density at radius 3 is 2.83 bits per heavy atom. The molecule has 0 saturated heterocycles. The minimum atomic E-state index is -0.0619. The average Bonchev–Trinajstić information content (AvgIpc) is 2.39. The van der Waals surface area contributed by atoms with Crippen molar-refractivity contribution < 1.29 is 9.53 Å². The molecule has 1 heterocycles. The first kappa shape index (κ1) is 15.2. The Balaban J connectivity index is 2.33. The molecule has 1 rings (SSSR count). The van der Waals surface area contributed by atoms with E-state index in [-0.39, 0.29) is 5.97 Å².